The first-order valence-electron chi connectivity index (χ1n) is 6.91. The highest BCUT2D eigenvalue weighted by Gasteiger charge is 2.36. The van der Waals surface area contributed by atoms with Gasteiger partial charge in [0.2, 0.25) is 0 Å². The van der Waals surface area contributed by atoms with E-state index in [1.165, 1.54) is 0 Å². The predicted octanol–water partition coefficient (Wildman–Crippen LogP) is 3.04. The summed E-state index contributed by atoms with van der Waals surface area (Å²) in [5.41, 5.74) is -0.719. The monoisotopic (exact) mass is 260 g/mol. The molecule has 0 aromatic carbocycles. The minimum absolute atomic E-state index is 0.282. The quantitative estimate of drug-likeness (QED) is 0.908. The largest absolute Gasteiger partial charge is 0.456 e. The van der Waals surface area contributed by atoms with Gasteiger partial charge in [-0.05, 0) is 43.7 Å². The van der Waals surface area contributed by atoms with Gasteiger partial charge in [0.1, 0.15) is 11.3 Å². The molecule has 1 saturated carbocycles. The van der Waals surface area contributed by atoms with Crippen molar-refractivity contribution in [1.82, 2.24) is 5.32 Å². The highest BCUT2D eigenvalue weighted by molar-refractivity contribution is 5.92. The van der Waals surface area contributed by atoms with Crippen LogP contribution in [0.3, 0.4) is 0 Å². The van der Waals surface area contributed by atoms with Crippen molar-refractivity contribution >= 4 is 5.91 Å². The lowest BCUT2D eigenvalue weighted by Crippen LogP contribution is -2.49. The van der Waals surface area contributed by atoms with E-state index in [2.05, 4.69) is 18.3 Å². The van der Waals surface area contributed by atoms with E-state index < -0.39 is 5.54 Å². The van der Waals surface area contributed by atoms with Gasteiger partial charge in [-0.1, -0.05) is 13.8 Å². The van der Waals surface area contributed by atoms with Crippen molar-refractivity contribution in [1.29, 1.82) is 5.26 Å². The van der Waals surface area contributed by atoms with Crippen LogP contribution in [0.1, 0.15) is 55.8 Å². The third kappa shape index (κ3) is 2.98. The van der Waals surface area contributed by atoms with Gasteiger partial charge in [-0.25, -0.2) is 0 Å². The summed E-state index contributed by atoms with van der Waals surface area (Å²) in [6, 6.07) is 5.76. The molecule has 0 atom stereocenters. The summed E-state index contributed by atoms with van der Waals surface area (Å²) in [5, 5.41) is 12.2. The van der Waals surface area contributed by atoms with Crippen molar-refractivity contribution in [2.45, 2.75) is 51.5 Å². The molecule has 19 heavy (non-hydrogen) atoms. The van der Waals surface area contributed by atoms with Crippen molar-refractivity contribution in [2.24, 2.45) is 5.92 Å². The number of hydrogen-bond donors (Lipinski definition) is 1. The van der Waals surface area contributed by atoms with Gasteiger partial charge in [-0.3, -0.25) is 4.79 Å². The van der Waals surface area contributed by atoms with E-state index in [1.807, 2.05) is 6.92 Å². The second-order valence-electron chi connectivity index (χ2n) is 5.45. The van der Waals surface area contributed by atoms with Crippen molar-refractivity contribution in [3.8, 4) is 6.07 Å². The molecule has 102 valence electrons. The highest BCUT2D eigenvalue weighted by atomic mass is 16.3. The van der Waals surface area contributed by atoms with Crippen LogP contribution in [0.2, 0.25) is 0 Å². The smallest absolute Gasteiger partial charge is 0.288 e. The molecule has 0 bridgehead atoms. The summed E-state index contributed by atoms with van der Waals surface area (Å²) in [5.74, 6) is 1.43. The fraction of sp³-hybridized carbons (Fsp3) is 0.600. The van der Waals surface area contributed by atoms with E-state index in [9.17, 15) is 10.1 Å². The zero-order chi connectivity index (χ0) is 13.9. The summed E-state index contributed by atoms with van der Waals surface area (Å²) in [7, 11) is 0. The van der Waals surface area contributed by atoms with Gasteiger partial charge in [0, 0.05) is 6.42 Å². The number of rotatable bonds is 3. The Hall–Kier alpha value is -1.76. The molecule has 0 radical (unpaired) electrons. The van der Waals surface area contributed by atoms with Crippen LogP contribution < -0.4 is 5.32 Å². The third-order valence-corrected chi connectivity index (χ3v) is 3.93. The van der Waals surface area contributed by atoms with Crippen molar-refractivity contribution < 1.29 is 9.21 Å². The van der Waals surface area contributed by atoms with E-state index >= 15 is 0 Å². The van der Waals surface area contributed by atoms with E-state index in [0.29, 0.717) is 11.7 Å². The molecule has 1 aliphatic carbocycles. The molecule has 0 unspecified atom stereocenters. The first-order valence-corrected chi connectivity index (χ1v) is 6.91. The number of hydrogen-bond acceptors (Lipinski definition) is 3. The number of carbonyl (C=O) groups excluding carboxylic acids is 1. The maximum Gasteiger partial charge on any atom is 0.288 e. The number of nitriles is 1. The molecule has 4 heteroatoms. The van der Waals surface area contributed by atoms with Crippen LogP contribution >= 0.6 is 0 Å². The summed E-state index contributed by atoms with van der Waals surface area (Å²) >= 11 is 0. The Bertz CT molecular complexity index is 490. The van der Waals surface area contributed by atoms with Crippen molar-refractivity contribution in [3.63, 3.8) is 0 Å². The fourth-order valence-corrected chi connectivity index (χ4v) is 2.49. The fourth-order valence-electron chi connectivity index (χ4n) is 2.49. The summed E-state index contributed by atoms with van der Waals surface area (Å²) in [6.07, 6.45) is 4.15. The zero-order valence-electron chi connectivity index (χ0n) is 11.5. The minimum atomic E-state index is -0.719. The number of amides is 1. The van der Waals surface area contributed by atoms with Crippen LogP contribution in [0.5, 0.6) is 0 Å². The maximum atomic E-state index is 12.1. The van der Waals surface area contributed by atoms with Crippen LogP contribution in [-0.2, 0) is 6.42 Å². The maximum absolute atomic E-state index is 12.1. The number of furan rings is 1. The van der Waals surface area contributed by atoms with Gasteiger partial charge in [0.05, 0.1) is 6.07 Å². The molecular formula is C15H20N2O2. The highest BCUT2D eigenvalue weighted by Crippen LogP contribution is 2.31. The summed E-state index contributed by atoms with van der Waals surface area (Å²) in [4.78, 5) is 12.1. The number of aryl methyl sites for hydroxylation is 1. The normalized spacial score (nSPS) is 26.7. The van der Waals surface area contributed by atoms with E-state index in [-0.39, 0.29) is 5.91 Å². The number of nitrogens with zero attached hydrogens (tertiary/aromatic N) is 1. The first kappa shape index (κ1) is 13.7. The topological polar surface area (TPSA) is 66.0 Å². The third-order valence-electron chi connectivity index (χ3n) is 3.93. The molecule has 0 saturated heterocycles. The Morgan fingerprint density at radius 1 is 1.53 bits per heavy atom. The second-order valence-corrected chi connectivity index (χ2v) is 5.45. The lowest BCUT2D eigenvalue weighted by molar-refractivity contribution is 0.0863. The van der Waals surface area contributed by atoms with Gasteiger partial charge in [0.25, 0.3) is 5.91 Å². The minimum Gasteiger partial charge on any atom is -0.456 e. The molecule has 1 aliphatic rings. The first-order chi connectivity index (χ1) is 9.08. The molecule has 1 aromatic rings. The SMILES string of the molecule is CCc1ccc(C(=O)NC2(C#N)CCC(C)CC2)o1. The molecule has 1 fully saturated rings. The molecule has 1 amide bonds. The lowest BCUT2D eigenvalue weighted by Gasteiger charge is -2.34. The van der Waals surface area contributed by atoms with Crippen molar-refractivity contribution in [3.05, 3.63) is 23.7 Å². The second kappa shape index (κ2) is 5.48. The molecule has 0 aliphatic heterocycles. The van der Waals surface area contributed by atoms with Crippen LogP contribution in [0.4, 0.5) is 0 Å². The predicted molar refractivity (Wildman–Crippen MR) is 71.5 cm³/mol. The molecular weight excluding hydrogens is 240 g/mol. The van der Waals surface area contributed by atoms with E-state index in [4.69, 9.17) is 4.42 Å². The molecule has 2 rings (SSSR count). The van der Waals surface area contributed by atoms with Crippen molar-refractivity contribution in [2.75, 3.05) is 0 Å². The van der Waals surface area contributed by atoms with Gasteiger partial charge >= 0.3 is 0 Å². The zero-order valence-corrected chi connectivity index (χ0v) is 11.5. The number of nitrogens with one attached hydrogen (secondary N) is 1. The van der Waals surface area contributed by atoms with Crippen LogP contribution in [-0.4, -0.2) is 11.4 Å². The Morgan fingerprint density at radius 2 is 2.21 bits per heavy atom. The van der Waals surface area contributed by atoms with Crippen LogP contribution in [0.15, 0.2) is 16.5 Å². The van der Waals surface area contributed by atoms with Gasteiger partial charge in [-0.15, -0.1) is 0 Å². The molecule has 0 spiro atoms. The number of carbonyl (C=O) groups is 1. The van der Waals surface area contributed by atoms with Gasteiger partial charge in [-0.2, -0.15) is 5.26 Å². The van der Waals surface area contributed by atoms with E-state index in [1.54, 1.807) is 12.1 Å². The van der Waals surface area contributed by atoms with Gasteiger partial charge < -0.3 is 9.73 Å². The summed E-state index contributed by atoms with van der Waals surface area (Å²) < 4.78 is 5.43. The Balaban J connectivity index is 2.06. The Morgan fingerprint density at radius 3 is 2.74 bits per heavy atom. The van der Waals surface area contributed by atoms with Crippen LogP contribution in [0, 0.1) is 17.2 Å². The molecule has 1 N–H and O–H groups in total. The standard InChI is InChI=1S/C15H20N2O2/c1-3-12-4-5-13(19-12)14(18)17-15(10-16)8-6-11(2)7-9-15/h4-5,11H,3,6-9H2,1-2H3,(H,17,18). The van der Waals surface area contributed by atoms with E-state index in [0.717, 1.165) is 37.9 Å². The molecule has 1 heterocycles. The summed E-state index contributed by atoms with van der Waals surface area (Å²) in [6.45, 7) is 4.16. The van der Waals surface area contributed by atoms with Crippen LogP contribution in [0.25, 0.3) is 0 Å². The average molecular weight is 260 g/mol. The Labute approximate surface area is 113 Å². The lowest BCUT2D eigenvalue weighted by atomic mass is 9.78. The van der Waals surface area contributed by atoms with Gasteiger partial charge in [0.15, 0.2) is 5.76 Å². The average Bonchev–Trinajstić information content (AvgIpc) is 2.91. The molecule has 4 nitrogen and oxygen atoms in total. The Kier molecular flexibility index (Phi) is 3.94. The molecule has 1 aromatic heterocycles.